The van der Waals surface area contributed by atoms with E-state index >= 15 is 0 Å². The van der Waals surface area contributed by atoms with Crippen LogP contribution < -0.4 is 14.8 Å². The van der Waals surface area contributed by atoms with Gasteiger partial charge in [0, 0.05) is 22.9 Å². The molecule has 5 heteroatoms. The van der Waals surface area contributed by atoms with Gasteiger partial charge in [0.1, 0.15) is 13.2 Å². The molecule has 2 aliphatic rings. The predicted octanol–water partition coefficient (Wildman–Crippen LogP) is 3.84. The lowest BCUT2D eigenvalue weighted by molar-refractivity contribution is 0.0818. The van der Waals surface area contributed by atoms with E-state index in [4.69, 9.17) is 9.47 Å². The van der Waals surface area contributed by atoms with Crippen molar-refractivity contribution in [1.29, 1.82) is 0 Å². The van der Waals surface area contributed by atoms with Crippen molar-refractivity contribution in [3.8, 4) is 11.5 Å². The third kappa shape index (κ3) is 2.33. The molecule has 0 saturated heterocycles. The summed E-state index contributed by atoms with van der Waals surface area (Å²) in [7, 11) is 0. The first-order valence-electron chi connectivity index (χ1n) is 9.12. The van der Waals surface area contributed by atoms with Crippen molar-refractivity contribution in [3.63, 3.8) is 0 Å². The Morgan fingerprint density at radius 1 is 0.714 bits per heavy atom. The van der Waals surface area contributed by atoms with Gasteiger partial charge in [0.15, 0.2) is 17.0 Å². The first-order valence-corrected chi connectivity index (χ1v) is 9.12. The summed E-state index contributed by atoms with van der Waals surface area (Å²) in [5.41, 5.74) is 0.579. The molecule has 1 heterocycles. The maximum atomic E-state index is 13.5. The molecule has 5 nitrogen and oxygen atoms in total. The Morgan fingerprint density at radius 3 is 2.00 bits per heavy atom. The van der Waals surface area contributed by atoms with E-state index in [0.717, 1.165) is 0 Å². The second-order valence-corrected chi connectivity index (χ2v) is 6.80. The van der Waals surface area contributed by atoms with E-state index in [0.29, 0.717) is 47.1 Å². The largest absolute Gasteiger partial charge is 0.486 e. The molecule has 0 fully saturated rings. The molecule has 0 radical (unpaired) electrons. The number of Topliss-reactive ketones (excluding diaryl/α,β-unsaturated/α-hetero) is 2. The number of rotatable bonds is 3. The molecule has 138 valence electrons. The number of hydrogen-bond acceptors (Lipinski definition) is 5. The molecular formula is C23H17NO4. The van der Waals surface area contributed by atoms with E-state index in [-0.39, 0.29) is 11.6 Å². The van der Waals surface area contributed by atoms with Crippen LogP contribution in [0.2, 0.25) is 0 Å². The van der Waals surface area contributed by atoms with E-state index in [2.05, 4.69) is 5.32 Å². The average molecular weight is 371 g/mol. The summed E-state index contributed by atoms with van der Waals surface area (Å²) in [5.74, 6) is 0.733. The van der Waals surface area contributed by atoms with Gasteiger partial charge in [0.25, 0.3) is 0 Å². The summed E-state index contributed by atoms with van der Waals surface area (Å²) < 4.78 is 11.2. The average Bonchev–Trinajstić information content (AvgIpc) is 2.97. The zero-order valence-corrected chi connectivity index (χ0v) is 15.0. The van der Waals surface area contributed by atoms with Gasteiger partial charge in [-0.05, 0) is 17.7 Å². The van der Waals surface area contributed by atoms with Crippen LogP contribution >= 0.6 is 0 Å². The fourth-order valence-corrected chi connectivity index (χ4v) is 3.86. The molecular weight excluding hydrogens is 354 g/mol. The van der Waals surface area contributed by atoms with Gasteiger partial charge in [0.05, 0.1) is 0 Å². The van der Waals surface area contributed by atoms with Crippen molar-refractivity contribution in [2.75, 3.05) is 18.5 Å². The highest BCUT2D eigenvalue weighted by Gasteiger charge is 2.54. The monoisotopic (exact) mass is 371 g/mol. The molecule has 5 rings (SSSR count). The standard InChI is InChI=1S/C23H17NO4/c25-21-17-8-4-5-9-18(17)22(26)23(21,15-6-2-1-3-7-15)24-16-10-11-19-20(14-16)28-13-12-27-19/h1-11,14,24H,12-13H2. The molecule has 0 saturated carbocycles. The van der Waals surface area contributed by atoms with Crippen LogP contribution in [0.5, 0.6) is 11.5 Å². The molecule has 28 heavy (non-hydrogen) atoms. The molecule has 0 amide bonds. The van der Waals surface area contributed by atoms with Gasteiger partial charge in [-0.3, -0.25) is 9.59 Å². The SMILES string of the molecule is O=C1c2ccccc2C(=O)C1(Nc1ccc2c(c1)OCCO2)c1ccccc1. The summed E-state index contributed by atoms with van der Waals surface area (Å²) in [6.07, 6.45) is 0. The predicted molar refractivity (Wildman–Crippen MR) is 104 cm³/mol. The van der Waals surface area contributed by atoms with E-state index in [1.165, 1.54) is 0 Å². The first kappa shape index (κ1) is 16.6. The van der Waals surface area contributed by atoms with Crippen LogP contribution in [0.25, 0.3) is 0 Å². The molecule has 1 aliphatic heterocycles. The third-order valence-corrected chi connectivity index (χ3v) is 5.18. The summed E-state index contributed by atoms with van der Waals surface area (Å²) in [6.45, 7) is 0.962. The van der Waals surface area contributed by atoms with Crippen LogP contribution in [-0.2, 0) is 5.54 Å². The molecule has 0 spiro atoms. The van der Waals surface area contributed by atoms with E-state index in [9.17, 15) is 9.59 Å². The lowest BCUT2D eigenvalue weighted by Crippen LogP contribution is -2.46. The highest BCUT2D eigenvalue weighted by Crippen LogP contribution is 2.42. The maximum Gasteiger partial charge on any atom is 0.201 e. The molecule has 1 N–H and O–H groups in total. The number of hydrogen-bond donors (Lipinski definition) is 1. The zero-order valence-electron chi connectivity index (χ0n) is 15.0. The minimum absolute atomic E-state index is 0.255. The van der Waals surface area contributed by atoms with Crippen LogP contribution in [0.3, 0.4) is 0 Å². The smallest absolute Gasteiger partial charge is 0.201 e. The second kappa shape index (κ2) is 6.23. The maximum absolute atomic E-state index is 13.5. The number of ketones is 2. The summed E-state index contributed by atoms with van der Waals surface area (Å²) >= 11 is 0. The summed E-state index contributed by atoms with van der Waals surface area (Å²) in [5, 5.41) is 3.23. The van der Waals surface area contributed by atoms with Crippen molar-refractivity contribution >= 4 is 17.3 Å². The van der Waals surface area contributed by atoms with Gasteiger partial charge in [0.2, 0.25) is 11.6 Å². The van der Waals surface area contributed by atoms with Crippen LogP contribution in [-0.4, -0.2) is 24.8 Å². The normalized spacial score (nSPS) is 16.6. The Kier molecular flexibility index (Phi) is 3.69. The number of anilines is 1. The zero-order chi connectivity index (χ0) is 19.1. The lowest BCUT2D eigenvalue weighted by Gasteiger charge is -2.29. The Hall–Kier alpha value is -3.60. The topological polar surface area (TPSA) is 64.6 Å². The van der Waals surface area contributed by atoms with Gasteiger partial charge < -0.3 is 14.8 Å². The highest BCUT2D eigenvalue weighted by molar-refractivity contribution is 6.34. The van der Waals surface area contributed by atoms with E-state index < -0.39 is 5.54 Å². The number of nitrogens with one attached hydrogen (secondary N) is 1. The molecule has 0 bridgehead atoms. The number of benzene rings is 3. The Morgan fingerprint density at radius 2 is 1.32 bits per heavy atom. The van der Waals surface area contributed by atoms with Crippen molar-refractivity contribution in [3.05, 3.63) is 89.5 Å². The molecule has 0 unspecified atom stereocenters. The number of carbonyl (C=O) groups is 2. The highest BCUT2D eigenvalue weighted by atomic mass is 16.6. The van der Waals surface area contributed by atoms with E-state index in [1.54, 1.807) is 54.6 Å². The molecule has 0 aromatic heterocycles. The molecule has 1 aliphatic carbocycles. The van der Waals surface area contributed by atoms with Crippen LogP contribution in [0.1, 0.15) is 26.3 Å². The Bertz CT molecular complexity index is 1060. The van der Waals surface area contributed by atoms with Gasteiger partial charge >= 0.3 is 0 Å². The van der Waals surface area contributed by atoms with Gasteiger partial charge in [-0.15, -0.1) is 0 Å². The number of ether oxygens (including phenoxy) is 2. The molecule has 0 atom stereocenters. The van der Waals surface area contributed by atoms with Crippen molar-refractivity contribution in [2.24, 2.45) is 0 Å². The quantitative estimate of drug-likeness (QED) is 0.709. The van der Waals surface area contributed by atoms with Crippen LogP contribution in [0, 0.1) is 0 Å². The minimum atomic E-state index is -1.51. The number of fused-ring (bicyclic) bond motifs is 2. The van der Waals surface area contributed by atoms with Crippen molar-refractivity contribution in [2.45, 2.75) is 5.54 Å². The van der Waals surface area contributed by atoms with E-state index in [1.807, 2.05) is 18.2 Å². The molecule has 3 aromatic rings. The fourth-order valence-electron chi connectivity index (χ4n) is 3.86. The number of carbonyl (C=O) groups excluding carboxylic acids is 2. The van der Waals surface area contributed by atoms with Crippen molar-refractivity contribution < 1.29 is 19.1 Å². The minimum Gasteiger partial charge on any atom is -0.486 e. The Balaban J connectivity index is 1.65. The summed E-state index contributed by atoms with van der Waals surface area (Å²) in [4.78, 5) is 27.0. The van der Waals surface area contributed by atoms with Crippen LogP contribution in [0.4, 0.5) is 5.69 Å². The van der Waals surface area contributed by atoms with Gasteiger partial charge in [-0.25, -0.2) is 0 Å². The first-order chi connectivity index (χ1) is 13.7. The lowest BCUT2D eigenvalue weighted by atomic mass is 9.84. The second-order valence-electron chi connectivity index (χ2n) is 6.80. The fraction of sp³-hybridized carbons (Fsp3) is 0.130. The van der Waals surface area contributed by atoms with Gasteiger partial charge in [-0.2, -0.15) is 0 Å². The Labute approximate surface area is 161 Å². The van der Waals surface area contributed by atoms with Crippen LogP contribution in [0.15, 0.2) is 72.8 Å². The third-order valence-electron chi connectivity index (χ3n) is 5.18. The summed E-state index contributed by atoms with van der Waals surface area (Å²) in [6, 6.07) is 21.4. The molecule has 3 aromatic carbocycles. The van der Waals surface area contributed by atoms with Crippen molar-refractivity contribution in [1.82, 2.24) is 0 Å². The van der Waals surface area contributed by atoms with Gasteiger partial charge in [-0.1, -0.05) is 54.6 Å².